The number of ether oxygens (including phenoxy) is 2. The Hall–Kier alpha value is -3.11. The van der Waals surface area contributed by atoms with E-state index < -0.39 is 0 Å². The number of carbonyl (C=O) groups excluding carboxylic acids is 1. The van der Waals surface area contributed by atoms with Crippen LogP contribution in [0.25, 0.3) is 22.3 Å². The van der Waals surface area contributed by atoms with E-state index in [1.54, 1.807) is 0 Å². The summed E-state index contributed by atoms with van der Waals surface area (Å²) in [6, 6.07) is 21.6. The number of benzene rings is 3. The molecule has 0 amide bonds. The first-order valence-electron chi connectivity index (χ1n) is 15.0. The van der Waals surface area contributed by atoms with E-state index in [9.17, 15) is 4.79 Å². The van der Waals surface area contributed by atoms with E-state index in [2.05, 4.69) is 83.3 Å². The maximum atomic E-state index is 12.2. The second-order valence-electron chi connectivity index (χ2n) is 12.3. The van der Waals surface area contributed by atoms with Crippen molar-refractivity contribution in [3.8, 4) is 28.0 Å². The monoisotopic (exact) mass is 541 g/mol. The molecule has 1 aliphatic carbocycles. The zero-order valence-corrected chi connectivity index (χ0v) is 25.5. The van der Waals surface area contributed by atoms with Crippen LogP contribution in [0.5, 0.6) is 5.75 Å². The van der Waals surface area contributed by atoms with Crippen molar-refractivity contribution >= 4 is 5.97 Å². The Bertz CT molecular complexity index is 1310. The number of hydrogen-bond acceptors (Lipinski definition) is 4. The molecule has 0 radical (unpaired) electrons. The molecule has 0 aliphatic heterocycles. The molecule has 0 saturated carbocycles. The quantitative estimate of drug-likeness (QED) is 0.247. The van der Waals surface area contributed by atoms with Gasteiger partial charge in [-0.25, -0.2) is 4.79 Å². The van der Waals surface area contributed by atoms with Crippen LogP contribution in [0, 0.1) is 0 Å². The van der Waals surface area contributed by atoms with Crippen LogP contribution in [0.15, 0.2) is 60.7 Å². The number of carbonyl (C=O) groups is 1. The van der Waals surface area contributed by atoms with Crippen molar-refractivity contribution in [2.24, 2.45) is 0 Å². The smallest absolute Gasteiger partial charge is 0.338 e. The third kappa shape index (κ3) is 6.61. The molecule has 0 aromatic heterocycles. The highest BCUT2D eigenvalue weighted by molar-refractivity contribution is 5.90. The summed E-state index contributed by atoms with van der Waals surface area (Å²) >= 11 is 0. The summed E-state index contributed by atoms with van der Waals surface area (Å²) < 4.78 is 11.6. The molecule has 40 heavy (non-hydrogen) atoms. The molecule has 1 atom stereocenters. The Balaban J connectivity index is 1.73. The molecule has 0 saturated heterocycles. The first-order chi connectivity index (χ1) is 19.1. The molecule has 1 aliphatic rings. The predicted octanol–water partition coefficient (Wildman–Crippen LogP) is 8.70. The normalized spacial score (nSPS) is 16.2. The highest BCUT2D eigenvalue weighted by atomic mass is 16.5. The zero-order chi connectivity index (χ0) is 28.9. The van der Waals surface area contributed by atoms with Gasteiger partial charge in [0.15, 0.2) is 0 Å². The molecule has 0 spiro atoms. The SMILES string of the molecule is CCNC(CC)CCOc1ccc(-c2ccc(C(=O)OCC)cc2)cc1-c1ccc2c(c1)C(C)(C)CCC2(C)C. The fourth-order valence-electron chi connectivity index (χ4n) is 5.88. The van der Waals surface area contributed by atoms with E-state index in [4.69, 9.17) is 9.47 Å². The molecule has 0 heterocycles. The largest absolute Gasteiger partial charge is 0.493 e. The summed E-state index contributed by atoms with van der Waals surface area (Å²) in [4.78, 5) is 12.2. The maximum Gasteiger partial charge on any atom is 0.338 e. The number of nitrogens with one attached hydrogen (secondary N) is 1. The Morgan fingerprint density at radius 2 is 1.48 bits per heavy atom. The fraction of sp³-hybridized carbons (Fsp3) is 0.472. The molecular formula is C36H47NO3. The lowest BCUT2D eigenvalue weighted by Crippen LogP contribution is -2.33. The van der Waals surface area contributed by atoms with Gasteiger partial charge >= 0.3 is 5.97 Å². The average molecular weight is 542 g/mol. The Morgan fingerprint density at radius 3 is 2.12 bits per heavy atom. The summed E-state index contributed by atoms with van der Waals surface area (Å²) in [6.45, 7) is 17.7. The lowest BCUT2D eigenvalue weighted by atomic mass is 9.63. The first-order valence-corrected chi connectivity index (χ1v) is 15.0. The molecule has 3 aromatic rings. The van der Waals surface area contributed by atoms with Gasteiger partial charge in [-0.1, -0.05) is 77.9 Å². The van der Waals surface area contributed by atoms with E-state index in [-0.39, 0.29) is 16.8 Å². The van der Waals surface area contributed by atoms with Crippen molar-refractivity contribution in [1.29, 1.82) is 0 Å². The molecule has 0 bridgehead atoms. The lowest BCUT2D eigenvalue weighted by molar-refractivity contribution is 0.0526. The standard InChI is InChI=1S/C36H47NO3/c1-8-29(37-9-2)19-22-40-33-18-16-27(25-11-13-26(14-12-25)34(38)39-10-3)23-30(33)28-15-17-31-32(24-28)36(6,7)21-20-35(31,4)5/h11-18,23-24,29,37H,8-10,19-22H2,1-7H3. The Kier molecular flexibility index (Phi) is 9.41. The predicted molar refractivity (Wildman–Crippen MR) is 166 cm³/mol. The molecule has 4 heteroatoms. The van der Waals surface area contributed by atoms with E-state index in [1.807, 2.05) is 31.2 Å². The van der Waals surface area contributed by atoms with Crippen molar-refractivity contribution in [2.45, 2.75) is 91.0 Å². The first kappa shape index (κ1) is 29.9. The van der Waals surface area contributed by atoms with Crippen LogP contribution in [0.1, 0.15) is 95.6 Å². The minimum absolute atomic E-state index is 0.128. The minimum Gasteiger partial charge on any atom is -0.493 e. The van der Waals surface area contributed by atoms with Gasteiger partial charge in [0.25, 0.3) is 0 Å². The van der Waals surface area contributed by atoms with Gasteiger partial charge in [-0.05, 0) is 102 Å². The molecule has 1 unspecified atom stereocenters. The van der Waals surface area contributed by atoms with E-state index in [1.165, 1.54) is 29.5 Å². The van der Waals surface area contributed by atoms with Crippen LogP contribution in [0.3, 0.4) is 0 Å². The zero-order valence-electron chi connectivity index (χ0n) is 25.5. The van der Waals surface area contributed by atoms with Crippen LogP contribution in [-0.2, 0) is 15.6 Å². The average Bonchev–Trinajstić information content (AvgIpc) is 2.95. The van der Waals surface area contributed by atoms with E-state index in [0.29, 0.717) is 24.8 Å². The van der Waals surface area contributed by atoms with Crippen LogP contribution in [-0.4, -0.2) is 31.8 Å². The third-order valence-corrected chi connectivity index (χ3v) is 8.58. The molecule has 4 rings (SSSR count). The van der Waals surface area contributed by atoms with Crippen LogP contribution in [0.4, 0.5) is 0 Å². The molecule has 3 aromatic carbocycles. The second kappa shape index (κ2) is 12.6. The van der Waals surface area contributed by atoms with Crippen molar-refractivity contribution in [2.75, 3.05) is 19.8 Å². The summed E-state index contributed by atoms with van der Waals surface area (Å²) in [5, 5.41) is 3.55. The van der Waals surface area contributed by atoms with Gasteiger partial charge in [0.2, 0.25) is 0 Å². The molecule has 1 N–H and O–H groups in total. The number of rotatable bonds is 11. The number of fused-ring (bicyclic) bond motifs is 1. The van der Waals surface area contributed by atoms with E-state index in [0.717, 1.165) is 41.8 Å². The van der Waals surface area contributed by atoms with Gasteiger partial charge in [-0.3, -0.25) is 0 Å². The summed E-state index contributed by atoms with van der Waals surface area (Å²) in [7, 11) is 0. The Morgan fingerprint density at radius 1 is 0.825 bits per heavy atom. The number of hydrogen-bond donors (Lipinski definition) is 1. The van der Waals surface area contributed by atoms with Gasteiger partial charge in [-0.15, -0.1) is 0 Å². The molecule has 214 valence electrons. The summed E-state index contributed by atoms with van der Waals surface area (Å²) in [6.07, 6.45) is 4.42. The van der Waals surface area contributed by atoms with Gasteiger partial charge in [-0.2, -0.15) is 0 Å². The minimum atomic E-state index is -0.291. The van der Waals surface area contributed by atoms with Crippen molar-refractivity contribution in [3.05, 3.63) is 77.4 Å². The van der Waals surface area contributed by atoms with Crippen molar-refractivity contribution < 1.29 is 14.3 Å². The van der Waals surface area contributed by atoms with Crippen LogP contribution >= 0.6 is 0 Å². The van der Waals surface area contributed by atoms with Gasteiger partial charge in [0.1, 0.15) is 5.75 Å². The highest BCUT2D eigenvalue weighted by Gasteiger charge is 2.37. The fourth-order valence-corrected chi connectivity index (χ4v) is 5.88. The molecule has 4 nitrogen and oxygen atoms in total. The van der Waals surface area contributed by atoms with Crippen LogP contribution < -0.4 is 10.1 Å². The number of esters is 1. The third-order valence-electron chi connectivity index (χ3n) is 8.58. The maximum absolute atomic E-state index is 12.2. The Labute approximate surface area is 241 Å². The van der Waals surface area contributed by atoms with Gasteiger partial charge in [0.05, 0.1) is 18.8 Å². The lowest BCUT2D eigenvalue weighted by Gasteiger charge is -2.42. The van der Waals surface area contributed by atoms with Gasteiger partial charge in [0, 0.05) is 11.6 Å². The summed E-state index contributed by atoms with van der Waals surface area (Å²) in [5.74, 6) is 0.618. The van der Waals surface area contributed by atoms with Crippen molar-refractivity contribution in [3.63, 3.8) is 0 Å². The van der Waals surface area contributed by atoms with E-state index >= 15 is 0 Å². The van der Waals surface area contributed by atoms with Crippen LogP contribution in [0.2, 0.25) is 0 Å². The summed E-state index contributed by atoms with van der Waals surface area (Å²) in [5.41, 5.74) is 8.19. The topological polar surface area (TPSA) is 47.6 Å². The molecular weight excluding hydrogens is 494 g/mol. The molecule has 0 fully saturated rings. The highest BCUT2D eigenvalue weighted by Crippen LogP contribution is 2.47. The van der Waals surface area contributed by atoms with Crippen molar-refractivity contribution in [1.82, 2.24) is 5.32 Å². The van der Waals surface area contributed by atoms with Gasteiger partial charge < -0.3 is 14.8 Å². The second-order valence-corrected chi connectivity index (χ2v) is 12.3.